The topological polar surface area (TPSA) is 113 Å². The van der Waals surface area contributed by atoms with Gasteiger partial charge in [0.05, 0.1) is 11.2 Å². The van der Waals surface area contributed by atoms with E-state index in [0.717, 1.165) is 24.8 Å². The molecule has 3 amide bonds. The number of hydrogen-bond donors (Lipinski definition) is 3. The molecule has 3 N–H and O–H groups in total. The average molecular weight is 547 g/mol. The molecule has 1 heterocycles. The van der Waals surface area contributed by atoms with Crippen molar-refractivity contribution in [3.8, 4) is 0 Å². The van der Waals surface area contributed by atoms with Crippen molar-refractivity contribution in [2.24, 2.45) is 35.5 Å². The van der Waals surface area contributed by atoms with Gasteiger partial charge in [0.1, 0.15) is 0 Å². The Morgan fingerprint density at radius 3 is 2.52 bits per heavy atom. The summed E-state index contributed by atoms with van der Waals surface area (Å²) in [5.41, 5.74) is 0.510. The van der Waals surface area contributed by atoms with Crippen LogP contribution in [0.5, 0.6) is 0 Å². The smallest absolute Gasteiger partial charge is 0.262 e. The fourth-order valence-electron chi connectivity index (χ4n) is 7.02. The van der Waals surface area contributed by atoms with Gasteiger partial charge in [0.15, 0.2) is 5.78 Å². The van der Waals surface area contributed by atoms with Crippen molar-refractivity contribution in [3.63, 3.8) is 0 Å². The predicted octanol–water partition coefficient (Wildman–Crippen LogP) is 5.05. The molecular weight excluding hydrogens is 504 g/mol. The molecule has 1 fully saturated rings. The number of aliphatic hydroxyl groups is 1. The van der Waals surface area contributed by atoms with Gasteiger partial charge in [-0.15, -0.1) is 6.58 Å². The van der Waals surface area contributed by atoms with Crippen LogP contribution in [0, 0.1) is 42.4 Å². The van der Waals surface area contributed by atoms with Gasteiger partial charge in [-0.05, 0) is 50.2 Å². The number of anilines is 1. The highest BCUT2D eigenvalue weighted by Crippen LogP contribution is 2.51. The number of carbonyl (C=O) groups excluding carboxylic acids is 4. The summed E-state index contributed by atoms with van der Waals surface area (Å²) in [6.07, 6.45) is 9.35. The van der Waals surface area contributed by atoms with Crippen molar-refractivity contribution in [2.75, 3.05) is 5.32 Å². The quantitative estimate of drug-likeness (QED) is 0.164. The lowest BCUT2D eigenvalue weighted by Gasteiger charge is -2.51. The number of ketones is 1. The van der Waals surface area contributed by atoms with Crippen molar-refractivity contribution in [1.82, 2.24) is 5.32 Å². The lowest BCUT2D eigenvalue weighted by molar-refractivity contribution is -0.141. The highest BCUT2D eigenvalue weighted by Gasteiger charge is 2.55. The van der Waals surface area contributed by atoms with E-state index in [1.165, 1.54) is 0 Å². The Labute approximate surface area is 237 Å². The number of aryl methyl sites for hydroxylation is 1. The van der Waals surface area contributed by atoms with Crippen molar-refractivity contribution in [2.45, 2.75) is 71.8 Å². The molecule has 1 saturated carbocycles. The van der Waals surface area contributed by atoms with Crippen LogP contribution in [0.3, 0.4) is 0 Å². The molecule has 0 saturated heterocycles. The van der Waals surface area contributed by atoms with Gasteiger partial charge in [-0.3, -0.25) is 24.5 Å². The van der Waals surface area contributed by atoms with E-state index in [4.69, 9.17) is 0 Å². The largest absolute Gasteiger partial charge is 0.385 e. The van der Waals surface area contributed by atoms with Crippen molar-refractivity contribution >= 4 is 29.2 Å². The molecule has 0 bridgehead atoms. The normalized spacial score (nSPS) is 30.5. The molecule has 2 aliphatic carbocycles. The van der Waals surface area contributed by atoms with E-state index in [9.17, 15) is 24.3 Å². The minimum absolute atomic E-state index is 0.0904. The van der Waals surface area contributed by atoms with Crippen molar-refractivity contribution in [1.29, 1.82) is 0 Å². The third-order valence-corrected chi connectivity index (χ3v) is 9.04. The van der Waals surface area contributed by atoms with Gasteiger partial charge in [-0.25, -0.2) is 0 Å². The third kappa shape index (κ3) is 5.75. The fourth-order valence-corrected chi connectivity index (χ4v) is 7.02. The summed E-state index contributed by atoms with van der Waals surface area (Å²) in [7, 11) is 0. The predicted molar refractivity (Wildman–Crippen MR) is 155 cm³/mol. The van der Waals surface area contributed by atoms with E-state index in [0.29, 0.717) is 18.5 Å². The maximum absolute atomic E-state index is 14.2. The van der Waals surface area contributed by atoms with Crippen LogP contribution in [0.4, 0.5) is 5.69 Å². The molecule has 4 rings (SSSR count). The minimum atomic E-state index is -1.39. The fraction of sp³-hybridized carbons (Fsp3) is 0.515. The lowest BCUT2D eigenvalue weighted by atomic mass is 9.55. The van der Waals surface area contributed by atoms with Crippen LogP contribution in [-0.2, 0) is 19.2 Å². The second kappa shape index (κ2) is 12.0. The van der Waals surface area contributed by atoms with Gasteiger partial charge in [0.2, 0.25) is 5.91 Å². The van der Waals surface area contributed by atoms with Gasteiger partial charge >= 0.3 is 0 Å². The van der Waals surface area contributed by atoms with Crippen LogP contribution in [0.1, 0.15) is 64.9 Å². The van der Waals surface area contributed by atoms with E-state index < -0.39 is 46.9 Å². The maximum Gasteiger partial charge on any atom is 0.262 e. The Hall–Kier alpha value is -3.32. The molecule has 40 heavy (non-hydrogen) atoms. The summed E-state index contributed by atoms with van der Waals surface area (Å²) in [6, 6.07) is 7.56. The van der Waals surface area contributed by atoms with E-state index in [1.807, 2.05) is 51.1 Å². The molecule has 1 aliphatic heterocycles. The molecule has 7 unspecified atom stereocenters. The Kier molecular flexibility index (Phi) is 8.93. The number of fused-ring (bicyclic) bond motifs is 1. The van der Waals surface area contributed by atoms with Gasteiger partial charge in [-0.1, -0.05) is 76.0 Å². The van der Waals surface area contributed by atoms with E-state index in [1.54, 1.807) is 12.2 Å². The standard InChI is InChI=1S/C33H42N2O5/c1-6-8-9-10-22(7-2)26-27(32(39)35-31(26)38)29(36)25-20(4)15-16-33(40)18-23(17-21(5)28(25)33)30(37)34-24-13-11-19(3)12-14-24/h7,11-16,20-23,25,28,40H,2,6,8-10,17-18H2,1,3-5H3,(H,34,37)(H,35,38,39). The number of nitrogens with one attached hydrogen (secondary N) is 2. The minimum Gasteiger partial charge on any atom is -0.385 e. The molecule has 0 radical (unpaired) electrons. The van der Waals surface area contributed by atoms with Crippen LogP contribution in [0.25, 0.3) is 0 Å². The maximum atomic E-state index is 14.2. The first-order chi connectivity index (χ1) is 19.0. The summed E-state index contributed by atoms with van der Waals surface area (Å²) in [5, 5.41) is 17.2. The molecule has 7 atom stereocenters. The molecule has 7 heteroatoms. The van der Waals surface area contributed by atoms with Gasteiger partial charge in [-0.2, -0.15) is 0 Å². The monoisotopic (exact) mass is 546 g/mol. The Morgan fingerprint density at radius 1 is 1.18 bits per heavy atom. The molecule has 0 spiro atoms. The van der Waals surface area contributed by atoms with Crippen LogP contribution < -0.4 is 10.6 Å². The van der Waals surface area contributed by atoms with Crippen molar-refractivity contribution in [3.05, 3.63) is 65.8 Å². The zero-order valence-corrected chi connectivity index (χ0v) is 24.0. The first-order valence-electron chi connectivity index (χ1n) is 14.6. The van der Waals surface area contributed by atoms with Crippen LogP contribution in [0.2, 0.25) is 0 Å². The highest BCUT2D eigenvalue weighted by atomic mass is 16.3. The van der Waals surface area contributed by atoms with Gasteiger partial charge in [0.25, 0.3) is 11.8 Å². The molecular formula is C33H42N2O5. The summed E-state index contributed by atoms with van der Waals surface area (Å²) in [6.45, 7) is 11.8. The Bertz CT molecular complexity index is 1250. The second-order valence-electron chi connectivity index (χ2n) is 12.0. The molecule has 214 valence electrons. The van der Waals surface area contributed by atoms with Crippen LogP contribution in [-0.4, -0.2) is 34.2 Å². The van der Waals surface area contributed by atoms with E-state index >= 15 is 0 Å². The second-order valence-corrected chi connectivity index (χ2v) is 12.0. The SMILES string of the molecule is C=CC(CCCCC)C1=C(C(=O)C2C(C)C=CC3(O)CC(C(=O)Nc4ccc(C)cc4)CC(C)C23)C(=O)NC1=O. The first-order valence-corrected chi connectivity index (χ1v) is 14.6. The van der Waals surface area contributed by atoms with Gasteiger partial charge < -0.3 is 10.4 Å². The lowest BCUT2D eigenvalue weighted by Crippen LogP contribution is -2.56. The summed E-state index contributed by atoms with van der Waals surface area (Å²) in [5.74, 6) is -4.25. The Balaban J connectivity index is 1.62. The highest BCUT2D eigenvalue weighted by molar-refractivity contribution is 6.33. The number of unbranched alkanes of at least 4 members (excludes halogenated alkanes) is 2. The number of benzene rings is 1. The summed E-state index contributed by atoms with van der Waals surface area (Å²) in [4.78, 5) is 53.4. The number of Topliss-reactive ketones (excluding diaryl/α,β-unsaturated/α-hetero) is 1. The van der Waals surface area contributed by atoms with E-state index in [2.05, 4.69) is 24.1 Å². The number of imide groups is 1. The molecule has 1 aromatic carbocycles. The number of rotatable bonds is 10. The third-order valence-electron chi connectivity index (χ3n) is 9.04. The first kappa shape index (κ1) is 29.7. The number of carbonyl (C=O) groups is 4. The molecule has 3 aliphatic rings. The number of hydrogen-bond acceptors (Lipinski definition) is 5. The number of allylic oxidation sites excluding steroid dienone is 2. The Morgan fingerprint density at radius 2 is 1.88 bits per heavy atom. The van der Waals surface area contributed by atoms with Crippen molar-refractivity contribution < 1.29 is 24.3 Å². The van der Waals surface area contributed by atoms with Gasteiger partial charge in [0, 0.05) is 34.9 Å². The summed E-state index contributed by atoms with van der Waals surface area (Å²) >= 11 is 0. The molecule has 0 aromatic heterocycles. The zero-order valence-electron chi connectivity index (χ0n) is 24.0. The zero-order chi connectivity index (χ0) is 29.2. The van der Waals surface area contributed by atoms with Crippen LogP contribution >= 0.6 is 0 Å². The molecule has 1 aromatic rings. The van der Waals surface area contributed by atoms with Crippen LogP contribution in [0.15, 0.2) is 60.2 Å². The summed E-state index contributed by atoms with van der Waals surface area (Å²) < 4.78 is 0. The van der Waals surface area contributed by atoms with E-state index in [-0.39, 0.29) is 35.3 Å². The number of amides is 3. The molecule has 7 nitrogen and oxygen atoms in total. The average Bonchev–Trinajstić information content (AvgIpc) is 3.21.